The van der Waals surface area contributed by atoms with Gasteiger partial charge in [0.05, 0.1) is 16.7 Å². The Hall–Kier alpha value is -8.34. The van der Waals surface area contributed by atoms with E-state index in [-0.39, 0.29) is 0 Å². The molecule has 4 heteroatoms. The van der Waals surface area contributed by atoms with E-state index in [1.54, 1.807) is 0 Å². The van der Waals surface area contributed by atoms with Crippen LogP contribution in [0.1, 0.15) is 0 Å². The Morgan fingerprint density at radius 1 is 0.339 bits per heavy atom. The van der Waals surface area contributed by atoms with Crippen LogP contribution in [0.5, 0.6) is 0 Å². The highest BCUT2D eigenvalue weighted by Gasteiger charge is 2.24. The van der Waals surface area contributed by atoms with Crippen LogP contribution in [0.4, 0.5) is 17.1 Å². The summed E-state index contributed by atoms with van der Waals surface area (Å²) >= 11 is 0. The predicted octanol–water partition coefficient (Wildman–Crippen LogP) is 16.5. The van der Waals surface area contributed by atoms with Crippen LogP contribution in [-0.4, -0.2) is 4.57 Å². The molecule has 0 saturated carbocycles. The maximum atomic E-state index is 6.56. The molecule has 0 amide bonds. The average molecular weight is 793 g/mol. The monoisotopic (exact) mass is 792 g/mol. The van der Waals surface area contributed by atoms with Gasteiger partial charge in [0.2, 0.25) is 0 Å². The van der Waals surface area contributed by atoms with Crippen LogP contribution >= 0.6 is 0 Å². The fraction of sp³-hybridized carbons (Fsp3) is 0. The first-order chi connectivity index (χ1) is 30.7. The second-order valence-corrected chi connectivity index (χ2v) is 16.1. The summed E-state index contributed by atoms with van der Waals surface area (Å²) in [5.74, 6) is 0. The summed E-state index contributed by atoms with van der Waals surface area (Å²) in [5.41, 5.74) is 14.5. The predicted molar refractivity (Wildman–Crippen MR) is 258 cm³/mol. The molecule has 3 aromatic heterocycles. The fourth-order valence-corrected chi connectivity index (χ4v) is 9.74. The maximum Gasteiger partial charge on any atom is 0.137 e. The molecular weight excluding hydrogens is 757 g/mol. The van der Waals surface area contributed by atoms with Crippen LogP contribution in [0.2, 0.25) is 0 Å². The highest BCUT2D eigenvalue weighted by molar-refractivity contribution is 6.13. The van der Waals surface area contributed by atoms with E-state index >= 15 is 0 Å². The van der Waals surface area contributed by atoms with Crippen LogP contribution in [0.15, 0.2) is 227 Å². The highest BCUT2D eigenvalue weighted by atomic mass is 16.3. The van der Waals surface area contributed by atoms with Gasteiger partial charge in [-0.1, -0.05) is 127 Å². The van der Waals surface area contributed by atoms with Gasteiger partial charge in [-0.15, -0.1) is 0 Å². The van der Waals surface area contributed by atoms with Crippen molar-refractivity contribution in [1.82, 2.24) is 4.57 Å². The normalized spacial score (nSPS) is 11.9. The van der Waals surface area contributed by atoms with E-state index in [0.29, 0.717) is 0 Å². The lowest BCUT2D eigenvalue weighted by Crippen LogP contribution is -2.12. The van der Waals surface area contributed by atoms with Crippen molar-refractivity contribution in [2.24, 2.45) is 0 Å². The minimum absolute atomic E-state index is 0.845. The van der Waals surface area contributed by atoms with Gasteiger partial charge in [0.1, 0.15) is 22.3 Å². The zero-order chi connectivity index (χ0) is 40.7. The van der Waals surface area contributed by atoms with Gasteiger partial charge in [0.15, 0.2) is 0 Å². The van der Waals surface area contributed by atoms with E-state index < -0.39 is 0 Å². The molecule has 0 spiro atoms. The second-order valence-electron chi connectivity index (χ2n) is 16.1. The third kappa shape index (κ3) is 5.33. The first-order valence-corrected chi connectivity index (χ1v) is 21.1. The SMILES string of the molecule is c1ccc(-c2c(-c3ccc4oc5cc6ccccc6cc5c4c3)cccc2N(c2ccc3c(c2)oc2ccccc23)c2ccc3c(c2)c2ccccc2n3-c2ccccc2)cc1. The molecule has 0 aliphatic carbocycles. The molecular formula is C58H36N2O2. The van der Waals surface area contributed by atoms with Crippen molar-refractivity contribution in [1.29, 1.82) is 0 Å². The van der Waals surface area contributed by atoms with Crippen molar-refractivity contribution >= 4 is 93.5 Å². The van der Waals surface area contributed by atoms with Crippen LogP contribution < -0.4 is 4.90 Å². The molecule has 10 aromatic carbocycles. The first-order valence-electron chi connectivity index (χ1n) is 21.1. The van der Waals surface area contributed by atoms with Crippen LogP contribution in [0.3, 0.4) is 0 Å². The molecule has 0 unspecified atom stereocenters. The molecule has 0 radical (unpaired) electrons. The lowest BCUT2D eigenvalue weighted by atomic mass is 9.91. The van der Waals surface area contributed by atoms with Crippen molar-refractivity contribution in [2.75, 3.05) is 4.90 Å². The molecule has 290 valence electrons. The highest BCUT2D eigenvalue weighted by Crippen LogP contribution is 2.48. The molecule has 13 rings (SSSR count). The topological polar surface area (TPSA) is 34.5 Å². The van der Waals surface area contributed by atoms with Crippen molar-refractivity contribution in [3.05, 3.63) is 218 Å². The Kier molecular flexibility index (Phi) is 7.57. The molecule has 0 bridgehead atoms. The summed E-state index contributed by atoms with van der Waals surface area (Å²) in [4.78, 5) is 2.41. The molecule has 3 heterocycles. The zero-order valence-electron chi connectivity index (χ0n) is 33.5. The number of benzene rings is 10. The number of aromatic nitrogens is 1. The number of furan rings is 2. The number of rotatable bonds is 6. The number of hydrogen-bond acceptors (Lipinski definition) is 3. The van der Waals surface area contributed by atoms with Gasteiger partial charge in [-0.25, -0.2) is 0 Å². The van der Waals surface area contributed by atoms with Crippen LogP contribution in [-0.2, 0) is 0 Å². The van der Waals surface area contributed by atoms with Gasteiger partial charge in [-0.05, 0) is 112 Å². The van der Waals surface area contributed by atoms with Crippen molar-refractivity contribution in [2.45, 2.75) is 0 Å². The molecule has 0 aliphatic rings. The molecule has 4 nitrogen and oxygen atoms in total. The van der Waals surface area contributed by atoms with Crippen LogP contribution in [0.25, 0.3) is 104 Å². The summed E-state index contributed by atoms with van der Waals surface area (Å²) in [7, 11) is 0. The quantitative estimate of drug-likeness (QED) is 0.168. The maximum absolute atomic E-state index is 6.56. The van der Waals surface area contributed by atoms with E-state index in [4.69, 9.17) is 8.83 Å². The molecule has 0 atom stereocenters. The lowest BCUT2D eigenvalue weighted by Gasteiger charge is -2.29. The summed E-state index contributed by atoms with van der Waals surface area (Å²) in [6, 6.07) is 78.2. The number of hydrogen-bond donors (Lipinski definition) is 0. The average Bonchev–Trinajstić information content (AvgIpc) is 4.00. The number of para-hydroxylation sites is 3. The summed E-state index contributed by atoms with van der Waals surface area (Å²) < 4.78 is 15.4. The van der Waals surface area contributed by atoms with E-state index in [1.807, 2.05) is 12.1 Å². The fourth-order valence-electron chi connectivity index (χ4n) is 9.74. The van der Waals surface area contributed by atoms with Gasteiger partial charge < -0.3 is 18.3 Å². The van der Waals surface area contributed by atoms with Gasteiger partial charge in [0, 0.05) is 61.0 Å². The molecule has 62 heavy (non-hydrogen) atoms. The minimum Gasteiger partial charge on any atom is -0.456 e. The summed E-state index contributed by atoms with van der Waals surface area (Å²) in [6.45, 7) is 0. The third-order valence-corrected chi connectivity index (χ3v) is 12.5. The Labute approximate surface area is 356 Å². The van der Waals surface area contributed by atoms with E-state index in [9.17, 15) is 0 Å². The standard InChI is InChI=1S/C58H36N2O2/c1-3-14-37(15-4-1)58-44(40-26-31-55-49(33-40)50-32-38-16-7-8-17-39(38)34-56(50)62-55)22-13-24-53(58)59(43-27-29-47-46-21-10-12-25-54(46)61-57(47)36-43)42-28-30-52-48(35-42)45-20-9-11-23-51(45)60(52)41-18-5-2-6-19-41/h1-36H. The number of fused-ring (bicyclic) bond motifs is 10. The molecule has 0 aliphatic heterocycles. The Morgan fingerprint density at radius 2 is 0.968 bits per heavy atom. The van der Waals surface area contributed by atoms with Gasteiger partial charge >= 0.3 is 0 Å². The summed E-state index contributed by atoms with van der Waals surface area (Å²) in [5, 5.41) is 9.16. The third-order valence-electron chi connectivity index (χ3n) is 12.5. The van der Waals surface area contributed by atoms with Gasteiger partial charge in [0.25, 0.3) is 0 Å². The Balaban J connectivity index is 1.08. The van der Waals surface area contributed by atoms with Gasteiger partial charge in [-0.2, -0.15) is 0 Å². The molecule has 0 saturated heterocycles. The molecule has 0 N–H and O–H groups in total. The second kappa shape index (κ2) is 13.6. The molecule has 13 aromatic rings. The van der Waals surface area contributed by atoms with E-state index in [1.165, 1.54) is 27.1 Å². The van der Waals surface area contributed by atoms with E-state index in [0.717, 1.165) is 94.4 Å². The number of nitrogens with zero attached hydrogens (tertiary/aromatic N) is 2. The van der Waals surface area contributed by atoms with Crippen LogP contribution in [0, 0.1) is 0 Å². The van der Waals surface area contributed by atoms with Gasteiger partial charge in [-0.3, -0.25) is 0 Å². The zero-order valence-corrected chi connectivity index (χ0v) is 33.5. The largest absolute Gasteiger partial charge is 0.456 e. The number of anilines is 3. The van der Waals surface area contributed by atoms with Crippen molar-refractivity contribution in [3.8, 4) is 27.9 Å². The summed E-state index contributed by atoms with van der Waals surface area (Å²) in [6.07, 6.45) is 0. The lowest BCUT2D eigenvalue weighted by molar-refractivity contribution is 0.669. The van der Waals surface area contributed by atoms with Crippen molar-refractivity contribution < 1.29 is 8.83 Å². The van der Waals surface area contributed by atoms with Crippen molar-refractivity contribution in [3.63, 3.8) is 0 Å². The Morgan fingerprint density at radius 3 is 1.82 bits per heavy atom. The Bertz CT molecular complexity index is 3870. The minimum atomic E-state index is 0.845. The molecule has 0 fully saturated rings. The smallest absolute Gasteiger partial charge is 0.137 e. The van der Waals surface area contributed by atoms with E-state index in [2.05, 4.69) is 216 Å². The first kappa shape index (κ1) is 34.5.